The Bertz CT molecular complexity index is 516. The van der Waals surface area contributed by atoms with Crippen molar-refractivity contribution in [2.45, 2.75) is 51.9 Å². The fourth-order valence-corrected chi connectivity index (χ4v) is 3.62. The third-order valence-corrected chi connectivity index (χ3v) is 4.98. The fraction of sp³-hybridized carbons (Fsp3) is 0.579. The molecule has 0 spiro atoms. The molecule has 0 saturated heterocycles. The Hall–Kier alpha value is -0.860. The molecule has 0 aromatic heterocycles. The van der Waals surface area contributed by atoms with Gasteiger partial charge in [0.25, 0.3) is 0 Å². The number of unbranched alkanes of at least 4 members (excludes halogenated alkanes) is 2. The Kier molecular flexibility index (Phi) is 7.58. The highest BCUT2D eigenvalue weighted by molar-refractivity contribution is 6.35. The number of nitrogens with zero attached hydrogens (tertiary/aromatic N) is 2. The van der Waals surface area contributed by atoms with E-state index in [0.717, 1.165) is 31.2 Å². The largest absolute Gasteiger partial charge is 0.359 e. The van der Waals surface area contributed by atoms with E-state index in [2.05, 4.69) is 42.1 Å². The van der Waals surface area contributed by atoms with E-state index in [-0.39, 0.29) is 0 Å². The van der Waals surface area contributed by atoms with Gasteiger partial charge in [0.05, 0.1) is 6.67 Å². The lowest BCUT2D eigenvalue weighted by molar-refractivity contribution is 0.248. The molecule has 0 fully saturated rings. The van der Waals surface area contributed by atoms with Gasteiger partial charge in [-0.05, 0) is 30.5 Å². The number of benzene rings is 1. The van der Waals surface area contributed by atoms with Gasteiger partial charge in [-0.1, -0.05) is 62.4 Å². The minimum Gasteiger partial charge on any atom is -0.359 e. The molecule has 23 heavy (non-hydrogen) atoms. The molecule has 0 N–H and O–H groups in total. The maximum absolute atomic E-state index is 6.45. The topological polar surface area (TPSA) is 6.48 Å². The van der Waals surface area contributed by atoms with Crippen molar-refractivity contribution < 1.29 is 0 Å². The summed E-state index contributed by atoms with van der Waals surface area (Å²) in [5.74, 6) is 0.454. The average molecular weight is 355 g/mol. The van der Waals surface area contributed by atoms with Crippen molar-refractivity contribution in [1.29, 1.82) is 0 Å². The average Bonchev–Trinajstić information content (AvgIpc) is 2.97. The zero-order valence-electron chi connectivity index (χ0n) is 14.3. The molecule has 1 unspecified atom stereocenters. The van der Waals surface area contributed by atoms with Crippen molar-refractivity contribution in [2.24, 2.45) is 0 Å². The first kappa shape index (κ1) is 18.5. The molecular formula is C19H28Cl2N2. The summed E-state index contributed by atoms with van der Waals surface area (Å²) < 4.78 is 0. The van der Waals surface area contributed by atoms with E-state index in [1.807, 2.05) is 12.1 Å². The number of halogens is 2. The molecule has 128 valence electrons. The van der Waals surface area contributed by atoms with E-state index in [1.54, 1.807) is 0 Å². The van der Waals surface area contributed by atoms with Gasteiger partial charge in [0.15, 0.2) is 0 Å². The van der Waals surface area contributed by atoms with Crippen LogP contribution in [0.5, 0.6) is 0 Å². The summed E-state index contributed by atoms with van der Waals surface area (Å²) in [6.07, 6.45) is 10.5. The van der Waals surface area contributed by atoms with Crippen molar-refractivity contribution in [3.8, 4) is 0 Å². The molecule has 1 aliphatic rings. The van der Waals surface area contributed by atoms with E-state index in [1.165, 1.54) is 31.2 Å². The summed E-state index contributed by atoms with van der Waals surface area (Å²) in [7, 11) is 0. The predicted octanol–water partition coefficient (Wildman–Crippen LogP) is 6.11. The molecule has 0 aliphatic carbocycles. The van der Waals surface area contributed by atoms with Gasteiger partial charge in [-0.25, -0.2) is 0 Å². The number of hydrogen-bond acceptors (Lipinski definition) is 2. The van der Waals surface area contributed by atoms with E-state index < -0.39 is 0 Å². The normalized spacial score (nSPS) is 15.5. The van der Waals surface area contributed by atoms with Crippen LogP contribution in [0.2, 0.25) is 10.0 Å². The Morgan fingerprint density at radius 3 is 2.48 bits per heavy atom. The zero-order chi connectivity index (χ0) is 16.7. The Morgan fingerprint density at radius 2 is 1.78 bits per heavy atom. The molecule has 1 aromatic rings. The van der Waals surface area contributed by atoms with Crippen molar-refractivity contribution >= 4 is 23.2 Å². The Labute approximate surface area is 151 Å². The van der Waals surface area contributed by atoms with Crippen LogP contribution >= 0.6 is 23.2 Å². The van der Waals surface area contributed by atoms with E-state index in [9.17, 15) is 0 Å². The first-order chi connectivity index (χ1) is 11.1. The molecule has 0 saturated carbocycles. The summed E-state index contributed by atoms with van der Waals surface area (Å²) in [6, 6.07) is 5.92. The molecule has 1 aromatic carbocycles. The molecule has 1 aliphatic heterocycles. The Morgan fingerprint density at radius 1 is 1.04 bits per heavy atom. The van der Waals surface area contributed by atoms with Crippen LogP contribution in [0.25, 0.3) is 0 Å². The van der Waals surface area contributed by atoms with Gasteiger partial charge >= 0.3 is 0 Å². The van der Waals surface area contributed by atoms with Crippen LogP contribution in [0.4, 0.5) is 0 Å². The molecule has 2 nitrogen and oxygen atoms in total. The van der Waals surface area contributed by atoms with Gasteiger partial charge in [0.1, 0.15) is 0 Å². The van der Waals surface area contributed by atoms with Crippen molar-refractivity contribution in [3.63, 3.8) is 0 Å². The van der Waals surface area contributed by atoms with Gasteiger partial charge in [0, 0.05) is 41.5 Å². The summed E-state index contributed by atoms with van der Waals surface area (Å²) in [5.41, 5.74) is 1.23. The van der Waals surface area contributed by atoms with Crippen LogP contribution in [0, 0.1) is 0 Å². The summed E-state index contributed by atoms with van der Waals surface area (Å²) in [5, 5.41) is 1.50. The predicted molar refractivity (Wildman–Crippen MR) is 101 cm³/mol. The second-order valence-corrected chi connectivity index (χ2v) is 7.23. The molecule has 4 heteroatoms. The number of rotatable bonds is 9. The van der Waals surface area contributed by atoms with Crippen LogP contribution in [-0.2, 0) is 0 Å². The third-order valence-electron chi connectivity index (χ3n) is 4.41. The van der Waals surface area contributed by atoms with Gasteiger partial charge in [-0.15, -0.1) is 0 Å². The van der Waals surface area contributed by atoms with Gasteiger partial charge in [-0.2, -0.15) is 0 Å². The van der Waals surface area contributed by atoms with Crippen LogP contribution in [0.3, 0.4) is 0 Å². The molecule has 2 rings (SSSR count). The van der Waals surface area contributed by atoms with Crippen LogP contribution in [0.15, 0.2) is 30.6 Å². The second kappa shape index (κ2) is 9.44. The fourth-order valence-electron chi connectivity index (χ4n) is 3.05. The number of hydrogen-bond donors (Lipinski definition) is 0. The van der Waals surface area contributed by atoms with Crippen molar-refractivity contribution in [2.75, 3.05) is 19.8 Å². The van der Waals surface area contributed by atoms with Gasteiger partial charge in [0.2, 0.25) is 0 Å². The van der Waals surface area contributed by atoms with E-state index in [4.69, 9.17) is 23.2 Å². The smallest absolute Gasteiger partial charge is 0.0893 e. The molecule has 0 amide bonds. The van der Waals surface area contributed by atoms with Gasteiger partial charge < -0.3 is 9.80 Å². The lowest BCUT2D eigenvalue weighted by atomic mass is 9.93. The minimum absolute atomic E-state index is 0.454. The lowest BCUT2D eigenvalue weighted by Crippen LogP contribution is -2.29. The van der Waals surface area contributed by atoms with Crippen LogP contribution in [-0.4, -0.2) is 29.6 Å². The maximum atomic E-state index is 6.45. The van der Waals surface area contributed by atoms with Crippen molar-refractivity contribution in [3.05, 3.63) is 46.2 Å². The van der Waals surface area contributed by atoms with Gasteiger partial charge in [-0.3, -0.25) is 0 Å². The maximum Gasteiger partial charge on any atom is 0.0893 e. The Balaban J connectivity index is 2.00. The third kappa shape index (κ3) is 5.61. The molecular weight excluding hydrogens is 327 g/mol. The quantitative estimate of drug-likeness (QED) is 0.527. The summed E-state index contributed by atoms with van der Waals surface area (Å²) in [6.45, 7) is 7.63. The highest BCUT2D eigenvalue weighted by atomic mass is 35.5. The first-order valence-corrected chi connectivity index (χ1v) is 9.51. The summed E-state index contributed by atoms with van der Waals surface area (Å²) >= 11 is 12.5. The van der Waals surface area contributed by atoms with Crippen LogP contribution in [0.1, 0.15) is 57.4 Å². The zero-order valence-corrected chi connectivity index (χ0v) is 15.8. The SMILES string of the molecule is CCCCC(CN1C=CN(CCCC)C1)c1ccc(Cl)cc1Cl. The highest BCUT2D eigenvalue weighted by Gasteiger charge is 2.20. The standard InChI is InChI=1S/C19H28Cl2N2/c1-3-5-7-16(18-9-8-17(20)13-19(18)21)14-23-12-11-22(15-23)10-6-4-2/h8-9,11-13,16H,3-7,10,14-15H2,1-2H3. The van der Waals surface area contributed by atoms with E-state index in [0.29, 0.717) is 10.9 Å². The monoisotopic (exact) mass is 354 g/mol. The van der Waals surface area contributed by atoms with Crippen LogP contribution < -0.4 is 0 Å². The molecule has 1 heterocycles. The minimum atomic E-state index is 0.454. The molecule has 0 radical (unpaired) electrons. The highest BCUT2D eigenvalue weighted by Crippen LogP contribution is 2.32. The summed E-state index contributed by atoms with van der Waals surface area (Å²) in [4.78, 5) is 4.80. The van der Waals surface area contributed by atoms with E-state index >= 15 is 0 Å². The second-order valence-electron chi connectivity index (χ2n) is 6.38. The van der Waals surface area contributed by atoms with Crippen molar-refractivity contribution in [1.82, 2.24) is 9.80 Å². The lowest BCUT2D eigenvalue weighted by Gasteiger charge is -2.27. The molecule has 1 atom stereocenters. The molecule has 0 bridgehead atoms. The first-order valence-electron chi connectivity index (χ1n) is 8.75.